The van der Waals surface area contributed by atoms with Crippen LogP contribution in [0.5, 0.6) is 0 Å². The van der Waals surface area contributed by atoms with Gasteiger partial charge in [0.1, 0.15) is 0 Å². The molecule has 0 saturated carbocycles. The van der Waals surface area contributed by atoms with Crippen molar-refractivity contribution in [2.45, 2.75) is 18.9 Å². The lowest BCUT2D eigenvalue weighted by Crippen LogP contribution is -2.45. The van der Waals surface area contributed by atoms with E-state index in [0.717, 1.165) is 21.6 Å². The molecule has 8 heteroatoms. The van der Waals surface area contributed by atoms with Crippen molar-refractivity contribution in [1.82, 2.24) is 9.80 Å². The number of imide groups is 1. The van der Waals surface area contributed by atoms with Crippen molar-refractivity contribution in [3.8, 4) is 0 Å². The van der Waals surface area contributed by atoms with E-state index in [1.54, 1.807) is 0 Å². The summed E-state index contributed by atoms with van der Waals surface area (Å²) in [6, 6.07) is -0.728. The standard InChI is InChI=1S/C10H12N2O5S/c13-7(4-12-8(14)5-18-10(12)17)6-2-1-3-11(6)9(15)16/h6H,1-5H2,(H,15,16). The number of rotatable bonds is 3. The van der Waals surface area contributed by atoms with E-state index in [-0.39, 0.29) is 18.1 Å². The fourth-order valence-corrected chi connectivity index (χ4v) is 2.85. The van der Waals surface area contributed by atoms with E-state index in [1.165, 1.54) is 0 Å². The molecule has 7 nitrogen and oxygen atoms in total. The minimum Gasteiger partial charge on any atom is -0.465 e. The second-order valence-corrected chi connectivity index (χ2v) is 5.06. The van der Waals surface area contributed by atoms with Gasteiger partial charge >= 0.3 is 6.09 Å². The Balaban J connectivity index is 2.01. The zero-order chi connectivity index (χ0) is 13.3. The van der Waals surface area contributed by atoms with Crippen LogP contribution in [-0.4, -0.2) is 62.8 Å². The molecule has 2 aliphatic rings. The number of thioether (sulfide) groups is 1. The van der Waals surface area contributed by atoms with E-state index in [9.17, 15) is 19.2 Å². The highest BCUT2D eigenvalue weighted by Crippen LogP contribution is 2.22. The Bertz CT molecular complexity index is 408. The number of carbonyl (C=O) groups is 4. The Morgan fingerprint density at radius 3 is 2.67 bits per heavy atom. The first-order valence-electron chi connectivity index (χ1n) is 5.50. The molecule has 1 atom stereocenters. The molecular weight excluding hydrogens is 260 g/mol. The SMILES string of the molecule is O=C(CN1C(=O)CSC1=O)C1CCCN1C(=O)O. The smallest absolute Gasteiger partial charge is 0.407 e. The van der Waals surface area contributed by atoms with Crippen molar-refractivity contribution in [3.63, 3.8) is 0 Å². The molecule has 2 fully saturated rings. The highest BCUT2D eigenvalue weighted by Gasteiger charge is 2.38. The fraction of sp³-hybridized carbons (Fsp3) is 0.600. The average molecular weight is 272 g/mol. The van der Waals surface area contributed by atoms with Crippen LogP contribution in [0.1, 0.15) is 12.8 Å². The number of ketones is 1. The van der Waals surface area contributed by atoms with Gasteiger partial charge in [0.2, 0.25) is 5.91 Å². The summed E-state index contributed by atoms with van der Waals surface area (Å²) in [5.74, 6) is -0.725. The van der Waals surface area contributed by atoms with Gasteiger partial charge in [-0.2, -0.15) is 0 Å². The number of carboxylic acid groups (broad SMARTS) is 1. The summed E-state index contributed by atoms with van der Waals surface area (Å²) in [5, 5.41) is 8.48. The van der Waals surface area contributed by atoms with Gasteiger partial charge in [-0.25, -0.2) is 4.79 Å². The molecule has 2 aliphatic heterocycles. The van der Waals surface area contributed by atoms with Gasteiger partial charge in [-0.1, -0.05) is 11.8 Å². The molecule has 0 aromatic heterocycles. The van der Waals surface area contributed by atoms with Gasteiger partial charge in [-0.3, -0.25) is 24.2 Å². The lowest BCUT2D eigenvalue weighted by molar-refractivity contribution is -0.131. The van der Waals surface area contributed by atoms with Gasteiger partial charge in [-0.15, -0.1) is 0 Å². The first-order valence-corrected chi connectivity index (χ1v) is 6.48. The molecule has 0 spiro atoms. The van der Waals surface area contributed by atoms with Crippen LogP contribution in [0.2, 0.25) is 0 Å². The summed E-state index contributed by atoms with van der Waals surface area (Å²) in [7, 11) is 0. The van der Waals surface area contributed by atoms with Crippen LogP contribution in [0.15, 0.2) is 0 Å². The number of Topliss-reactive ketones (excluding diaryl/α,β-unsaturated/α-hetero) is 1. The van der Waals surface area contributed by atoms with Crippen molar-refractivity contribution >= 4 is 34.8 Å². The molecule has 1 unspecified atom stereocenters. The van der Waals surface area contributed by atoms with E-state index in [1.807, 2.05) is 0 Å². The Hall–Kier alpha value is -1.57. The number of likely N-dealkylation sites (tertiary alicyclic amines) is 1. The summed E-state index contributed by atoms with van der Waals surface area (Å²) in [5.41, 5.74) is 0. The molecule has 98 valence electrons. The maximum absolute atomic E-state index is 11.9. The molecule has 18 heavy (non-hydrogen) atoms. The molecule has 0 aromatic carbocycles. The molecule has 2 heterocycles. The Labute approximate surface area is 107 Å². The first-order chi connectivity index (χ1) is 8.50. The van der Waals surface area contributed by atoms with Gasteiger partial charge in [0.25, 0.3) is 5.24 Å². The van der Waals surface area contributed by atoms with Crippen LogP contribution < -0.4 is 0 Å². The van der Waals surface area contributed by atoms with Gasteiger partial charge in [0.15, 0.2) is 5.78 Å². The molecule has 0 aliphatic carbocycles. The summed E-state index contributed by atoms with van der Waals surface area (Å²) in [6.07, 6.45) is -0.0623. The number of amides is 3. The maximum Gasteiger partial charge on any atom is 0.407 e. The highest BCUT2D eigenvalue weighted by atomic mass is 32.2. The molecule has 2 rings (SSSR count). The van der Waals surface area contributed by atoms with Crippen molar-refractivity contribution in [2.75, 3.05) is 18.8 Å². The highest BCUT2D eigenvalue weighted by molar-refractivity contribution is 8.14. The fourth-order valence-electron chi connectivity index (χ4n) is 2.13. The lowest BCUT2D eigenvalue weighted by atomic mass is 10.1. The summed E-state index contributed by atoms with van der Waals surface area (Å²) in [4.78, 5) is 47.5. The van der Waals surface area contributed by atoms with Crippen molar-refractivity contribution < 1.29 is 24.3 Å². The Morgan fingerprint density at radius 1 is 1.39 bits per heavy atom. The Morgan fingerprint density at radius 2 is 2.11 bits per heavy atom. The minimum absolute atomic E-state index is 0.0550. The topological polar surface area (TPSA) is 95.0 Å². The van der Waals surface area contributed by atoms with Crippen molar-refractivity contribution in [2.24, 2.45) is 0 Å². The molecule has 3 amide bonds. The molecule has 1 N–H and O–H groups in total. The van der Waals surface area contributed by atoms with Crippen LogP contribution in [0.25, 0.3) is 0 Å². The third kappa shape index (κ3) is 2.33. The number of nitrogens with zero attached hydrogens (tertiary/aromatic N) is 2. The van der Waals surface area contributed by atoms with Crippen LogP contribution >= 0.6 is 11.8 Å². The third-order valence-electron chi connectivity index (χ3n) is 3.02. The number of carbonyl (C=O) groups excluding carboxylic acids is 3. The molecule has 2 saturated heterocycles. The minimum atomic E-state index is -1.14. The van der Waals surface area contributed by atoms with E-state index in [2.05, 4.69) is 0 Å². The van der Waals surface area contributed by atoms with Crippen molar-refractivity contribution in [1.29, 1.82) is 0 Å². The maximum atomic E-state index is 11.9. The normalized spacial score (nSPS) is 23.9. The van der Waals surface area contributed by atoms with Crippen LogP contribution in [0.4, 0.5) is 9.59 Å². The first kappa shape index (κ1) is 12.9. The predicted octanol–water partition coefficient (Wildman–Crippen LogP) is 0.393. The second kappa shape index (κ2) is 4.97. The molecular formula is C10H12N2O5S. The van der Waals surface area contributed by atoms with Crippen LogP contribution in [0, 0.1) is 0 Å². The number of hydrogen-bond acceptors (Lipinski definition) is 5. The van der Waals surface area contributed by atoms with Gasteiger partial charge in [0, 0.05) is 6.54 Å². The van der Waals surface area contributed by atoms with Crippen molar-refractivity contribution in [3.05, 3.63) is 0 Å². The molecule has 0 aromatic rings. The van der Waals surface area contributed by atoms with E-state index >= 15 is 0 Å². The summed E-state index contributed by atoms with van der Waals surface area (Å²) >= 11 is 0.860. The van der Waals surface area contributed by atoms with E-state index in [4.69, 9.17) is 5.11 Å². The predicted molar refractivity (Wildman–Crippen MR) is 62.3 cm³/mol. The van der Waals surface area contributed by atoms with Gasteiger partial charge < -0.3 is 5.11 Å². The zero-order valence-electron chi connectivity index (χ0n) is 9.50. The van der Waals surface area contributed by atoms with Gasteiger partial charge in [-0.05, 0) is 12.8 Å². The quantitative estimate of drug-likeness (QED) is 0.798. The summed E-state index contributed by atoms with van der Waals surface area (Å²) < 4.78 is 0. The second-order valence-electron chi connectivity index (χ2n) is 4.13. The largest absolute Gasteiger partial charge is 0.465 e. The Kier molecular flexibility index (Phi) is 3.55. The van der Waals surface area contributed by atoms with Crippen LogP contribution in [0.3, 0.4) is 0 Å². The third-order valence-corrected chi connectivity index (χ3v) is 3.88. The van der Waals surface area contributed by atoms with E-state index in [0.29, 0.717) is 19.4 Å². The van der Waals surface area contributed by atoms with Gasteiger partial charge in [0.05, 0.1) is 18.3 Å². The molecule has 0 radical (unpaired) electrons. The monoisotopic (exact) mass is 272 g/mol. The van der Waals surface area contributed by atoms with E-state index < -0.39 is 23.3 Å². The molecule has 0 bridgehead atoms. The van der Waals surface area contributed by atoms with Crippen LogP contribution in [-0.2, 0) is 9.59 Å². The number of hydrogen-bond donors (Lipinski definition) is 1. The average Bonchev–Trinajstić information content (AvgIpc) is 2.90. The summed E-state index contributed by atoms with van der Waals surface area (Å²) in [6.45, 7) is 0.00148. The lowest BCUT2D eigenvalue weighted by Gasteiger charge is -2.22. The zero-order valence-corrected chi connectivity index (χ0v) is 10.3.